The van der Waals surface area contributed by atoms with Crippen LogP contribution < -0.4 is 0 Å². The van der Waals surface area contributed by atoms with Crippen molar-refractivity contribution in [2.75, 3.05) is 0 Å². The highest BCUT2D eigenvalue weighted by atomic mass is 79.9. The Kier molecular flexibility index (Phi) is 3.95. The minimum atomic E-state index is -0.334. The number of hydrogen-bond donors (Lipinski definition) is 0. The molecule has 3 rings (SSSR count). The fraction of sp³-hybridized carbons (Fsp3) is 0.200. The van der Waals surface area contributed by atoms with Crippen LogP contribution in [0.4, 0.5) is 4.39 Å². The van der Waals surface area contributed by atoms with Crippen molar-refractivity contribution in [1.82, 2.24) is 14.5 Å². The van der Waals surface area contributed by atoms with Gasteiger partial charge in [0.1, 0.15) is 11.6 Å². The molecular formula is C15H12BrClFN3. The number of halogens is 3. The smallest absolute Gasteiger partial charge is 0.139 e. The van der Waals surface area contributed by atoms with Crippen LogP contribution in [-0.2, 0) is 6.54 Å². The third kappa shape index (κ3) is 2.80. The van der Waals surface area contributed by atoms with Crippen LogP contribution in [0.25, 0.3) is 11.0 Å². The molecule has 0 saturated heterocycles. The number of rotatable bonds is 3. The van der Waals surface area contributed by atoms with Crippen LogP contribution in [0, 0.1) is 5.82 Å². The van der Waals surface area contributed by atoms with Crippen molar-refractivity contribution in [1.29, 1.82) is 0 Å². The number of imidazole rings is 1. The van der Waals surface area contributed by atoms with Gasteiger partial charge in [-0.05, 0) is 41.1 Å². The topological polar surface area (TPSA) is 30.7 Å². The van der Waals surface area contributed by atoms with Gasteiger partial charge in [-0.2, -0.15) is 0 Å². The molecule has 0 bridgehead atoms. The summed E-state index contributed by atoms with van der Waals surface area (Å²) in [6.45, 7) is 2.39. The predicted octanol–water partition coefficient (Wildman–Crippen LogP) is 4.68. The first-order valence-corrected chi connectivity index (χ1v) is 7.68. The Bertz CT molecular complexity index is 786. The maximum Gasteiger partial charge on any atom is 0.139 e. The molecule has 3 nitrogen and oxygen atoms in total. The second-order valence-electron chi connectivity index (χ2n) is 4.75. The van der Waals surface area contributed by atoms with E-state index in [0.29, 0.717) is 22.4 Å². The molecule has 1 unspecified atom stereocenters. The number of aromatic nitrogens is 3. The average molecular weight is 369 g/mol. The van der Waals surface area contributed by atoms with Gasteiger partial charge in [0.25, 0.3) is 0 Å². The summed E-state index contributed by atoms with van der Waals surface area (Å²) in [6, 6.07) is 8.88. The molecule has 1 aromatic carbocycles. The zero-order valence-corrected chi connectivity index (χ0v) is 13.6. The standard InChI is InChI=1S/C15H12BrClFN3/c1-9(17)15-20-13-7-12(18)11(16)6-14(13)21(15)8-10-4-2-3-5-19-10/h2-7,9H,8H2,1H3. The van der Waals surface area contributed by atoms with Crippen molar-refractivity contribution in [3.8, 4) is 0 Å². The Morgan fingerprint density at radius 1 is 1.38 bits per heavy atom. The highest BCUT2D eigenvalue weighted by Crippen LogP contribution is 2.28. The Balaban J connectivity index is 2.18. The molecule has 0 aliphatic rings. The lowest BCUT2D eigenvalue weighted by Crippen LogP contribution is -2.06. The molecule has 0 N–H and O–H groups in total. The molecule has 0 amide bonds. The Hall–Kier alpha value is -1.46. The Morgan fingerprint density at radius 3 is 2.86 bits per heavy atom. The second-order valence-corrected chi connectivity index (χ2v) is 6.26. The third-order valence-corrected chi connectivity index (χ3v) is 4.02. The Labute approximate surface area is 134 Å². The number of fused-ring (bicyclic) bond motifs is 1. The fourth-order valence-corrected chi connectivity index (χ4v) is 2.76. The molecule has 1 atom stereocenters. The monoisotopic (exact) mass is 367 g/mol. The number of benzene rings is 1. The molecule has 108 valence electrons. The molecule has 2 aromatic heterocycles. The Morgan fingerprint density at radius 2 is 2.19 bits per heavy atom. The van der Waals surface area contributed by atoms with Gasteiger partial charge in [-0.25, -0.2) is 9.37 Å². The van der Waals surface area contributed by atoms with Crippen LogP contribution >= 0.6 is 27.5 Å². The van der Waals surface area contributed by atoms with Crippen molar-refractivity contribution in [3.05, 3.63) is 58.3 Å². The zero-order chi connectivity index (χ0) is 15.0. The van der Waals surface area contributed by atoms with E-state index in [0.717, 1.165) is 11.2 Å². The van der Waals surface area contributed by atoms with Gasteiger partial charge in [0, 0.05) is 12.3 Å². The quantitative estimate of drug-likeness (QED) is 0.628. The van der Waals surface area contributed by atoms with Crippen molar-refractivity contribution < 1.29 is 4.39 Å². The van der Waals surface area contributed by atoms with E-state index in [1.165, 1.54) is 6.07 Å². The van der Waals surface area contributed by atoms with Gasteiger partial charge in [-0.15, -0.1) is 11.6 Å². The summed E-state index contributed by atoms with van der Waals surface area (Å²) in [5.74, 6) is 0.369. The van der Waals surface area contributed by atoms with Crippen LogP contribution in [0.3, 0.4) is 0 Å². The third-order valence-electron chi connectivity index (χ3n) is 3.22. The lowest BCUT2D eigenvalue weighted by Gasteiger charge is -2.10. The first-order valence-electron chi connectivity index (χ1n) is 6.45. The van der Waals surface area contributed by atoms with E-state index in [-0.39, 0.29) is 11.2 Å². The lowest BCUT2D eigenvalue weighted by molar-refractivity contribution is 0.622. The van der Waals surface area contributed by atoms with Gasteiger partial charge in [-0.3, -0.25) is 4.98 Å². The summed E-state index contributed by atoms with van der Waals surface area (Å²) < 4.78 is 16.1. The maximum absolute atomic E-state index is 13.7. The minimum absolute atomic E-state index is 0.275. The van der Waals surface area contributed by atoms with Crippen molar-refractivity contribution >= 4 is 38.6 Å². The highest BCUT2D eigenvalue weighted by Gasteiger charge is 2.17. The molecular weight excluding hydrogens is 357 g/mol. The van der Waals surface area contributed by atoms with Gasteiger partial charge in [0.15, 0.2) is 0 Å². The van der Waals surface area contributed by atoms with Gasteiger partial charge >= 0.3 is 0 Å². The summed E-state index contributed by atoms with van der Waals surface area (Å²) in [4.78, 5) is 8.78. The number of alkyl halides is 1. The summed E-state index contributed by atoms with van der Waals surface area (Å²) in [5.41, 5.74) is 2.32. The maximum atomic E-state index is 13.7. The van der Waals surface area contributed by atoms with Gasteiger partial charge in [-0.1, -0.05) is 6.07 Å². The lowest BCUT2D eigenvalue weighted by atomic mass is 10.3. The molecule has 3 aromatic rings. The molecule has 0 spiro atoms. The highest BCUT2D eigenvalue weighted by molar-refractivity contribution is 9.10. The largest absolute Gasteiger partial charge is 0.321 e. The zero-order valence-electron chi connectivity index (χ0n) is 11.2. The van der Waals surface area contributed by atoms with E-state index in [1.54, 1.807) is 12.3 Å². The first-order chi connectivity index (χ1) is 10.1. The van der Waals surface area contributed by atoms with Crippen LogP contribution in [0.2, 0.25) is 0 Å². The molecule has 21 heavy (non-hydrogen) atoms. The minimum Gasteiger partial charge on any atom is -0.321 e. The average Bonchev–Trinajstić information content (AvgIpc) is 2.79. The number of nitrogens with zero attached hydrogens (tertiary/aromatic N) is 3. The molecule has 0 fully saturated rings. The molecule has 0 aliphatic heterocycles. The summed E-state index contributed by atoms with van der Waals surface area (Å²) in [5, 5.41) is -0.275. The summed E-state index contributed by atoms with van der Waals surface area (Å²) >= 11 is 9.43. The number of pyridine rings is 1. The molecule has 0 radical (unpaired) electrons. The van der Waals surface area contributed by atoms with E-state index in [9.17, 15) is 4.39 Å². The molecule has 2 heterocycles. The van der Waals surface area contributed by atoms with Crippen LogP contribution in [0.15, 0.2) is 41.0 Å². The normalized spacial score (nSPS) is 12.8. The van der Waals surface area contributed by atoms with Crippen LogP contribution in [0.1, 0.15) is 23.8 Å². The molecule has 0 aliphatic carbocycles. The summed E-state index contributed by atoms with van der Waals surface area (Å²) in [6.07, 6.45) is 1.74. The van der Waals surface area contributed by atoms with E-state index in [1.807, 2.05) is 29.7 Å². The van der Waals surface area contributed by atoms with Crippen molar-refractivity contribution in [2.24, 2.45) is 0 Å². The van der Waals surface area contributed by atoms with Crippen LogP contribution in [0.5, 0.6) is 0 Å². The van der Waals surface area contributed by atoms with E-state index in [2.05, 4.69) is 25.9 Å². The van der Waals surface area contributed by atoms with Gasteiger partial charge < -0.3 is 4.57 Å². The van der Waals surface area contributed by atoms with E-state index in [4.69, 9.17) is 11.6 Å². The SMILES string of the molecule is CC(Cl)c1nc2cc(F)c(Br)cc2n1Cc1ccccn1. The van der Waals surface area contributed by atoms with Crippen LogP contribution in [-0.4, -0.2) is 14.5 Å². The van der Waals surface area contributed by atoms with E-state index >= 15 is 0 Å². The predicted molar refractivity (Wildman–Crippen MR) is 85.0 cm³/mol. The molecule has 0 saturated carbocycles. The van der Waals surface area contributed by atoms with Gasteiger partial charge in [0.2, 0.25) is 0 Å². The van der Waals surface area contributed by atoms with Crippen molar-refractivity contribution in [2.45, 2.75) is 18.8 Å². The molecule has 6 heteroatoms. The fourth-order valence-electron chi connectivity index (χ4n) is 2.26. The second kappa shape index (κ2) is 5.73. The van der Waals surface area contributed by atoms with Crippen molar-refractivity contribution in [3.63, 3.8) is 0 Å². The van der Waals surface area contributed by atoms with E-state index < -0.39 is 0 Å². The summed E-state index contributed by atoms with van der Waals surface area (Å²) in [7, 11) is 0. The van der Waals surface area contributed by atoms with Gasteiger partial charge in [0.05, 0.1) is 33.1 Å². The first kappa shape index (κ1) is 14.5. The number of hydrogen-bond acceptors (Lipinski definition) is 2.